The first-order valence-electron chi connectivity index (χ1n) is 4.89. The molecule has 86 valence electrons. The van der Waals surface area contributed by atoms with Crippen molar-refractivity contribution in [1.82, 2.24) is 4.98 Å². The van der Waals surface area contributed by atoms with Crippen molar-refractivity contribution in [3.8, 4) is 0 Å². The highest BCUT2D eigenvalue weighted by atomic mass is 32.2. The van der Waals surface area contributed by atoms with E-state index in [2.05, 4.69) is 4.98 Å². The van der Waals surface area contributed by atoms with Crippen LogP contribution in [-0.2, 0) is 0 Å². The lowest BCUT2D eigenvalue weighted by Gasteiger charge is -2.06. The van der Waals surface area contributed by atoms with Crippen LogP contribution in [0.5, 0.6) is 0 Å². The number of pyridine rings is 1. The third-order valence-corrected chi connectivity index (χ3v) is 3.12. The van der Waals surface area contributed by atoms with E-state index >= 15 is 0 Å². The van der Waals surface area contributed by atoms with Crippen LogP contribution in [0.3, 0.4) is 0 Å². The molecule has 0 bridgehead atoms. The molecule has 0 atom stereocenters. The van der Waals surface area contributed by atoms with Gasteiger partial charge < -0.3 is 5.73 Å². The minimum atomic E-state index is -0.271. The van der Waals surface area contributed by atoms with Crippen LogP contribution in [0.2, 0.25) is 0 Å². The minimum Gasteiger partial charge on any atom is -0.382 e. The van der Waals surface area contributed by atoms with Gasteiger partial charge in [0.1, 0.15) is 17.3 Å². The van der Waals surface area contributed by atoms with Gasteiger partial charge in [0.05, 0.1) is 0 Å². The Balaban J connectivity index is 2.30. The fourth-order valence-electron chi connectivity index (χ4n) is 1.30. The summed E-state index contributed by atoms with van der Waals surface area (Å²) in [4.78, 5) is 5.71. The summed E-state index contributed by atoms with van der Waals surface area (Å²) in [6, 6.07) is 9.75. The Morgan fingerprint density at radius 3 is 2.59 bits per heavy atom. The predicted octanol–water partition coefficient (Wildman–Crippen LogP) is 2.66. The number of hydrogen-bond donors (Lipinski definition) is 2. The van der Waals surface area contributed by atoms with Crippen molar-refractivity contribution in [3.63, 3.8) is 0 Å². The van der Waals surface area contributed by atoms with Gasteiger partial charge in [-0.1, -0.05) is 11.8 Å². The van der Waals surface area contributed by atoms with Crippen molar-refractivity contribution in [1.29, 1.82) is 5.41 Å². The lowest BCUT2D eigenvalue weighted by molar-refractivity contribution is 0.626. The fraction of sp³-hybridized carbons (Fsp3) is 0. The number of nitrogens with zero attached hydrogens (tertiary/aromatic N) is 1. The number of nitrogens with two attached hydrogens (primary N) is 1. The van der Waals surface area contributed by atoms with Crippen molar-refractivity contribution >= 4 is 17.6 Å². The predicted molar refractivity (Wildman–Crippen MR) is 65.8 cm³/mol. The SMILES string of the molecule is N=C(N)c1ncccc1Sc1ccc(F)cc1. The van der Waals surface area contributed by atoms with Crippen molar-refractivity contribution < 1.29 is 4.39 Å². The van der Waals surface area contributed by atoms with E-state index in [0.717, 1.165) is 9.79 Å². The van der Waals surface area contributed by atoms with Crippen molar-refractivity contribution in [3.05, 3.63) is 54.1 Å². The number of nitrogens with one attached hydrogen (secondary N) is 1. The highest BCUT2D eigenvalue weighted by Gasteiger charge is 2.07. The van der Waals surface area contributed by atoms with Crippen LogP contribution in [-0.4, -0.2) is 10.8 Å². The second kappa shape index (κ2) is 4.97. The number of rotatable bonds is 3. The molecule has 3 nitrogen and oxygen atoms in total. The monoisotopic (exact) mass is 247 g/mol. The summed E-state index contributed by atoms with van der Waals surface area (Å²) in [5.74, 6) is -0.345. The highest BCUT2D eigenvalue weighted by molar-refractivity contribution is 7.99. The van der Waals surface area contributed by atoms with Gasteiger partial charge in [0.25, 0.3) is 0 Å². The Morgan fingerprint density at radius 2 is 1.94 bits per heavy atom. The number of aromatic nitrogens is 1. The molecular formula is C12H10FN3S. The van der Waals surface area contributed by atoms with Gasteiger partial charge in [-0.05, 0) is 36.4 Å². The lowest BCUT2D eigenvalue weighted by atomic mass is 10.3. The van der Waals surface area contributed by atoms with E-state index in [4.69, 9.17) is 11.1 Å². The molecule has 17 heavy (non-hydrogen) atoms. The molecule has 0 unspecified atom stereocenters. The van der Waals surface area contributed by atoms with Gasteiger partial charge >= 0.3 is 0 Å². The van der Waals surface area contributed by atoms with Crippen LogP contribution in [0.4, 0.5) is 4.39 Å². The van der Waals surface area contributed by atoms with E-state index in [1.54, 1.807) is 24.4 Å². The number of nitrogen functional groups attached to an aromatic ring is 1. The summed E-state index contributed by atoms with van der Waals surface area (Å²) < 4.78 is 12.8. The van der Waals surface area contributed by atoms with Crippen LogP contribution < -0.4 is 5.73 Å². The third kappa shape index (κ3) is 2.82. The van der Waals surface area contributed by atoms with Crippen LogP contribution in [0, 0.1) is 11.2 Å². The van der Waals surface area contributed by atoms with Gasteiger partial charge in [-0.25, -0.2) is 4.39 Å². The summed E-state index contributed by atoms with van der Waals surface area (Å²) >= 11 is 1.40. The molecule has 1 aromatic carbocycles. The Kier molecular flexibility index (Phi) is 3.39. The smallest absolute Gasteiger partial charge is 0.142 e. The molecule has 5 heteroatoms. The molecule has 2 aromatic rings. The molecule has 0 fully saturated rings. The molecule has 1 heterocycles. The fourth-order valence-corrected chi connectivity index (χ4v) is 2.24. The second-order valence-corrected chi connectivity index (χ2v) is 4.44. The van der Waals surface area contributed by atoms with Gasteiger partial charge in [-0.2, -0.15) is 0 Å². The molecule has 0 aliphatic rings. The van der Waals surface area contributed by atoms with E-state index in [1.165, 1.54) is 23.9 Å². The number of hydrogen-bond acceptors (Lipinski definition) is 3. The average Bonchev–Trinajstić information content (AvgIpc) is 2.32. The van der Waals surface area contributed by atoms with Crippen molar-refractivity contribution in [2.45, 2.75) is 9.79 Å². The number of benzene rings is 1. The first kappa shape index (κ1) is 11.6. The zero-order chi connectivity index (χ0) is 12.3. The minimum absolute atomic E-state index is 0.0739. The zero-order valence-electron chi connectivity index (χ0n) is 8.85. The van der Waals surface area contributed by atoms with E-state index in [0.29, 0.717) is 5.69 Å². The molecule has 0 saturated carbocycles. The normalized spacial score (nSPS) is 10.2. The maximum absolute atomic E-state index is 12.8. The van der Waals surface area contributed by atoms with E-state index in [9.17, 15) is 4.39 Å². The Labute approximate surface area is 102 Å². The van der Waals surface area contributed by atoms with E-state index in [-0.39, 0.29) is 11.7 Å². The van der Waals surface area contributed by atoms with E-state index < -0.39 is 0 Å². The first-order valence-corrected chi connectivity index (χ1v) is 5.71. The largest absolute Gasteiger partial charge is 0.382 e. The van der Waals surface area contributed by atoms with Crippen LogP contribution in [0.25, 0.3) is 0 Å². The first-order chi connectivity index (χ1) is 8.16. The molecule has 0 spiro atoms. The van der Waals surface area contributed by atoms with Gasteiger partial charge in [0.2, 0.25) is 0 Å². The van der Waals surface area contributed by atoms with Gasteiger partial charge in [-0.3, -0.25) is 10.4 Å². The Bertz CT molecular complexity index is 540. The van der Waals surface area contributed by atoms with Gasteiger partial charge in [0.15, 0.2) is 0 Å². The molecule has 0 aliphatic heterocycles. The summed E-state index contributed by atoms with van der Waals surface area (Å²) in [7, 11) is 0. The standard InChI is InChI=1S/C12H10FN3S/c13-8-3-5-9(6-4-8)17-10-2-1-7-16-11(10)12(14)15/h1-7H,(H3,14,15). The van der Waals surface area contributed by atoms with E-state index in [1.807, 2.05) is 6.07 Å². The maximum Gasteiger partial charge on any atom is 0.142 e. The Morgan fingerprint density at radius 1 is 1.24 bits per heavy atom. The molecule has 0 radical (unpaired) electrons. The van der Waals surface area contributed by atoms with Gasteiger partial charge in [-0.15, -0.1) is 0 Å². The quantitative estimate of drug-likeness (QED) is 0.647. The summed E-state index contributed by atoms with van der Waals surface area (Å²) in [5.41, 5.74) is 5.89. The van der Waals surface area contributed by atoms with Crippen molar-refractivity contribution in [2.24, 2.45) is 5.73 Å². The molecule has 2 rings (SSSR count). The van der Waals surface area contributed by atoms with Crippen molar-refractivity contribution in [2.75, 3.05) is 0 Å². The molecule has 3 N–H and O–H groups in total. The lowest BCUT2D eigenvalue weighted by Crippen LogP contribution is -2.14. The Hall–Kier alpha value is -1.88. The third-order valence-electron chi connectivity index (χ3n) is 2.07. The number of amidine groups is 1. The number of halogens is 1. The van der Waals surface area contributed by atoms with Crippen LogP contribution in [0.1, 0.15) is 5.69 Å². The topological polar surface area (TPSA) is 62.8 Å². The van der Waals surface area contributed by atoms with Gasteiger partial charge in [0, 0.05) is 16.0 Å². The average molecular weight is 247 g/mol. The van der Waals surface area contributed by atoms with Crippen LogP contribution in [0.15, 0.2) is 52.4 Å². The molecular weight excluding hydrogens is 237 g/mol. The summed E-state index contributed by atoms with van der Waals surface area (Å²) in [6.07, 6.45) is 1.59. The van der Waals surface area contributed by atoms with Crippen LogP contribution >= 0.6 is 11.8 Å². The zero-order valence-corrected chi connectivity index (χ0v) is 9.67. The second-order valence-electron chi connectivity index (χ2n) is 3.32. The summed E-state index contributed by atoms with van der Waals surface area (Å²) in [6.45, 7) is 0. The molecule has 0 amide bonds. The molecule has 0 aliphatic carbocycles. The highest BCUT2D eigenvalue weighted by Crippen LogP contribution is 2.29. The maximum atomic E-state index is 12.8. The summed E-state index contributed by atoms with van der Waals surface area (Å²) in [5, 5.41) is 7.42. The molecule has 1 aromatic heterocycles. The molecule has 0 saturated heterocycles.